The molecule has 1 saturated heterocycles. The fourth-order valence-electron chi connectivity index (χ4n) is 3.00. The summed E-state index contributed by atoms with van der Waals surface area (Å²) in [6.45, 7) is 5.09. The zero-order chi connectivity index (χ0) is 18.1. The molecule has 0 bridgehead atoms. The molecular weight excluding hydrogens is 318 g/mol. The van der Waals surface area contributed by atoms with Crippen molar-refractivity contribution >= 4 is 23.2 Å². The minimum Gasteiger partial charge on any atom is -0.383 e. The second kappa shape index (κ2) is 10.0. The minimum atomic E-state index is -0.0885. The highest BCUT2D eigenvalue weighted by molar-refractivity contribution is 5.91. The second-order valence-electron chi connectivity index (χ2n) is 6.39. The molecule has 0 unspecified atom stereocenters. The minimum absolute atomic E-state index is 0.0456. The third-order valence-corrected chi connectivity index (χ3v) is 4.49. The SMILES string of the molecule is COCCN(CCC(=O)Nc1ccc(N2CCCCC2)cc1)C(C)=O. The van der Waals surface area contributed by atoms with Crippen LogP contribution in [0.4, 0.5) is 11.4 Å². The van der Waals surface area contributed by atoms with Crippen molar-refractivity contribution in [2.24, 2.45) is 0 Å². The van der Waals surface area contributed by atoms with Gasteiger partial charge in [-0.15, -0.1) is 0 Å². The van der Waals surface area contributed by atoms with E-state index in [1.807, 2.05) is 12.1 Å². The maximum absolute atomic E-state index is 12.1. The number of methoxy groups -OCH3 is 1. The predicted octanol–water partition coefficient (Wildman–Crippen LogP) is 2.50. The molecular formula is C19H29N3O3. The van der Waals surface area contributed by atoms with Gasteiger partial charge in [0, 0.05) is 58.0 Å². The molecule has 1 aliphatic heterocycles. The number of hydrogen-bond acceptors (Lipinski definition) is 4. The number of piperidine rings is 1. The van der Waals surface area contributed by atoms with E-state index < -0.39 is 0 Å². The normalized spacial score (nSPS) is 14.2. The summed E-state index contributed by atoms with van der Waals surface area (Å²) in [6, 6.07) is 7.99. The summed E-state index contributed by atoms with van der Waals surface area (Å²) in [5, 5.41) is 2.90. The lowest BCUT2D eigenvalue weighted by molar-refractivity contribution is -0.130. The molecule has 1 aromatic rings. The average molecular weight is 347 g/mol. The van der Waals surface area contributed by atoms with E-state index in [-0.39, 0.29) is 18.2 Å². The lowest BCUT2D eigenvalue weighted by Gasteiger charge is -2.28. The maximum Gasteiger partial charge on any atom is 0.226 e. The molecule has 2 rings (SSSR count). The number of amides is 2. The fourth-order valence-corrected chi connectivity index (χ4v) is 3.00. The van der Waals surface area contributed by atoms with Crippen molar-refractivity contribution in [3.8, 4) is 0 Å². The van der Waals surface area contributed by atoms with Crippen LogP contribution in [-0.4, -0.2) is 56.6 Å². The van der Waals surface area contributed by atoms with E-state index in [1.165, 1.54) is 31.9 Å². The Morgan fingerprint density at radius 1 is 1.12 bits per heavy atom. The van der Waals surface area contributed by atoms with Gasteiger partial charge in [-0.25, -0.2) is 0 Å². The number of anilines is 2. The van der Waals surface area contributed by atoms with Crippen molar-refractivity contribution in [3.05, 3.63) is 24.3 Å². The third-order valence-electron chi connectivity index (χ3n) is 4.49. The van der Waals surface area contributed by atoms with Crippen LogP contribution in [0.25, 0.3) is 0 Å². The molecule has 6 nitrogen and oxygen atoms in total. The van der Waals surface area contributed by atoms with E-state index >= 15 is 0 Å². The molecule has 0 atom stereocenters. The van der Waals surface area contributed by atoms with Crippen molar-refractivity contribution in [1.29, 1.82) is 0 Å². The topological polar surface area (TPSA) is 61.9 Å². The highest BCUT2D eigenvalue weighted by atomic mass is 16.5. The lowest BCUT2D eigenvalue weighted by Crippen LogP contribution is -2.34. The van der Waals surface area contributed by atoms with Gasteiger partial charge in [0.2, 0.25) is 11.8 Å². The van der Waals surface area contributed by atoms with Crippen LogP contribution in [0.5, 0.6) is 0 Å². The Hall–Kier alpha value is -2.08. The Bertz CT molecular complexity index is 554. The van der Waals surface area contributed by atoms with Crippen LogP contribution in [0.1, 0.15) is 32.6 Å². The van der Waals surface area contributed by atoms with Gasteiger partial charge in [-0.2, -0.15) is 0 Å². The third kappa shape index (κ3) is 6.38. The van der Waals surface area contributed by atoms with Gasteiger partial charge in [0.05, 0.1) is 6.61 Å². The van der Waals surface area contributed by atoms with Gasteiger partial charge in [0.1, 0.15) is 0 Å². The molecule has 1 heterocycles. The number of carbonyl (C=O) groups is 2. The molecule has 6 heteroatoms. The molecule has 0 spiro atoms. The first-order valence-electron chi connectivity index (χ1n) is 8.99. The molecule has 0 aliphatic carbocycles. The summed E-state index contributed by atoms with van der Waals surface area (Å²) in [4.78, 5) is 27.7. The number of hydrogen-bond donors (Lipinski definition) is 1. The molecule has 1 aromatic carbocycles. The summed E-state index contributed by atoms with van der Waals surface area (Å²) in [5.41, 5.74) is 2.00. The van der Waals surface area contributed by atoms with Gasteiger partial charge in [0.25, 0.3) is 0 Å². The van der Waals surface area contributed by atoms with Crippen LogP contribution >= 0.6 is 0 Å². The number of carbonyl (C=O) groups excluding carboxylic acids is 2. The molecule has 25 heavy (non-hydrogen) atoms. The smallest absolute Gasteiger partial charge is 0.226 e. The van der Waals surface area contributed by atoms with Crippen LogP contribution < -0.4 is 10.2 Å². The van der Waals surface area contributed by atoms with Crippen LogP contribution in [0.15, 0.2) is 24.3 Å². The van der Waals surface area contributed by atoms with Gasteiger partial charge in [-0.05, 0) is 43.5 Å². The first-order chi connectivity index (χ1) is 12.1. The largest absolute Gasteiger partial charge is 0.383 e. The number of nitrogens with one attached hydrogen (secondary N) is 1. The lowest BCUT2D eigenvalue weighted by atomic mass is 10.1. The summed E-state index contributed by atoms with van der Waals surface area (Å²) >= 11 is 0. The van der Waals surface area contributed by atoms with E-state index in [0.717, 1.165) is 18.8 Å². The van der Waals surface area contributed by atoms with Gasteiger partial charge in [-0.1, -0.05) is 0 Å². The van der Waals surface area contributed by atoms with Gasteiger partial charge >= 0.3 is 0 Å². The zero-order valence-electron chi connectivity index (χ0n) is 15.3. The molecule has 1 fully saturated rings. The second-order valence-corrected chi connectivity index (χ2v) is 6.39. The number of nitrogens with zero attached hydrogens (tertiary/aromatic N) is 2. The summed E-state index contributed by atoms with van der Waals surface area (Å²) in [6.07, 6.45) is 4.08. The molecule has 1 aliphatic rings. The van der Waals surface area contributed by atoms with E-state index in [0.29, 0.717) is 19.7 Å². The molecule has 2 amide bonds. The molecule has 0 radical (unpaired) electrons. The highest BCUT2D eigenvalue weighted by Gasteiger charge is 2.12. The molecule has 0 saturated carbocycles. The Labute approximate surface area is 150 Å². The van der Waals surface area contributed by atoms with Crippen LogP contribution in [-0.2, 0) is 14.3 Å². The van der Waals surface area contributed by atoms with E-state index in [4.69, 9.17) is 4.74 Å². The van der Waals surface area contributed by atoms with Crippen molar-refractivity contribution < 1.29 is 14.3 Å². The first-order valence-corrected chi connectivity index (χ1v) is 8.99. The highest BCUT2D eigenvalue weighted by Crippen LogP contribution is 2.21. The molecule has 0 aromatic heterocycles. The number of ether oxygens (including phenoxy) is 1. The van der Waals surface area contributed by atoms with Gasteiger partial charge < -0.3 is 19.9 Å². The van der Waals surface area contributed by atoms with E-state index in [1.54, 1.807) is 12.0 Å². The summed E-state index contributed by atoms with van der Waals surface area (Å²) in [7, 11) is 1.60. The zero-order valence-corrected chi connectivity index (χ0v) is 15.3. The monoisotopic (exact) mass is 347 g/mol. The van der Waals surface area contributed by atoms with Crippen molar-refractivity contribution in [3.63, 3.8) is 0 Å². The van der Waals surface area contributed by atoms with Crippen molar-refractivity contribution in [2.75, 3.05) is 50.1 Å². The average Bonchev–Trinajstić information content (AvgIpc) is 2.63. The molecule has 138 valence electrons. The number of benzene rings is 1. The Morgan fingerprint density at radius 3 is 2.40 bits per heavy atom. The van der Waals surface area contributed by atoms with Crippen molar-refractivity contribution in [1.82, 2.24) is 4.90 Å². The van der Waals surface area contributed by atoms with Gasteiger partial charge in [0.15, 0.2) is 0 Å². The van der Waals surface area contributed by atoms with Crippen LogP contribution in [0.3, 0.4) is 0 Å². The maximum atomic E-state index is 12.1. The summed E-state index contributed by atoms with van der Waals surface area (Å²) < 4.78 is 4.99. The Kier molecular flexibility index (Phi) is 7.73. The van der Waals surface area contributed by atoms with Gasteiger partial charge in [-0.3, -0.25) is 9.59 Å². The Balaban J connectivity index is 1.80. The predicted molar refractivity (Wildman–Crippen MR) is 99.9 cm³/mol. The van der Waals surface area contributed by atoms with Crippen LogP contribution in [0, 0.1) is 0 Å². The number of rotatable bonds is 8. The van der Waals surface area contributed by atoms with Crippen molar-refractivity contribution in [2.45, 2.75) is 32.6 Å². The Morgan fingerprint density at radius 2 is 1.80 bits per heavy atom. The standard InChI is InChI=1S/C19H29N3O3/c1-16(23)21(14-15-25-2)13-10-19(24)20-17-6-8-18(9-7-17)22-11-4-3-5-12-22/h6-9H,3-5,10-15H2,1-2H3,(H,20,24). The summed E-state index contributed by atoms with van der Waals surface area (Å²) in [5.74, 6) is -0.134. The van der Waals surface area contributed by atoms with E-state index in [2.05, 4.69) is 22.3 Å². The molecule has 1 N–H and O–H groups in total. The first kappa shape index (κ1) is 19.2. The fraction of sp³-hybridized carbons (Fsp3) is 0.579. The van der Waals surface area contributed by atoms with E-state index in [9.17, 15) is 9.59 Å². The quantitative estimate of drug-likeness (QED) is 0.785. The van der Waals surface area contributed by atoms with Crippen LogP contribution in [0.2, 0.25) is 0 Å².